The zero-order valence-corrected chi connectivity index (χ0v) is 14.7. The van der Waals surface area contributed by atoms with Crippen LogP contribution in [0.15, 0.2) is 85.2 Å². The molecule has 0 amide bonds. The molecule has 0 unspecified atom stereocenters. The highest BCUT2D eigenvalue weighted by molar-refractivity contribution is 8.93. The van der Waals surface area contributed by atoms with Crippen LogP contribution in [0.3, 0.4) is 0 Å². The second kappa shape index (κ2) is 8.31. The minimum absolute atomic E-state index is 0. The smallest absolute Gasteiger partial charge is 0.227 e. The highest BCUT2D eigenvalue weighted by atomic mass is 79.9. The molecular weight excluding hydrogens is 366 g/mol. The second-order valence-electron chi connectivity index (χ2n) is 5.24. The van der Waals surface area contributed by atoms with Gasteiger partial charge in [-0.15, -0.1) is 17.0 Å². The normalized spacial score (nSPS) is 9.83. The van der Waals surface area contributed by atoms with E-state index in [1.807, 2.05) is 36.4 Å². The fourth-order valence-electron chi connectivity index (χ4n) is 2.35. The molecule has 0 aliphatic rings. The summed E-state index contributed by atoms with van der Waals surface area (Å²) in [6, 6.07) is 21.8. The van der Waals surface area contributed by atoms with E-state index >= 15 is 0 Å². The lowest BCUT2D eigenvalue weighted by Gasteiger charge is -2.01. The van der Waals surface area contributed by atoms with Crippen LogP contribution in [0.5, 0.6) is 0 Å². The number of halogens is 1. The predicted octanol–water partition coefficient (Wildman–Crippen LogP) is 3.67. The largest absolute Gasteiger partial charge is 0.289 e. The van der Waals surface area contributed by atoms with E-state index in [1.165, 1.54) is 0 Å². The zero-order valence-electron chi connectivity index (χ0n) is 13.0. The van der Waals surface area contributed by atoms with E-state index in [9.17, 15) is 9.59 Å². The molecular formula is C20H17BrNO2+. The van der Waals surface area contributed by atoms with Crippen molar-refractivity contribution >= 4 is 28.5 Å². The average molecular weight is 383 g/mol. The van der Waals surface area contributed by atoms with Gasteiger partial charge in [0.1, 0.15) is 0 Å². The maximum absolute atomic E-state index is 12.3. The summed E-state index contributed by atoms with van der Waals surface area (Å²) in [5.74, 6) is 0.0184. The molecule has 3 rings (SSSR count). The van der Waals surface area contributed by atoms with E-state index in [4.69, 9.17) is 0 Å². The van der Waals surface area contributed by atoms with Gasteiger partial charge >= 0.3 is 0 Å². The first-order valence-electron chi connectivity index (χ1n) is 7.41. The van der Waals surface area contributed by atoms with Crippen LogP contribution < -0.4 is 4.57 Å². The van der Waals surface area contributed by atoms with Crippen molar-refractivity contribution in [1.29, 1.82) is 0 Å². The van der Waals surface area contributed by atoms with Crippen LogP contribution in [0.1, 0.15) is 26.3 Å². The highest BCUT2D eigenvalue weighted by Gasteiger charge is 2.14. The van der Waals surface area contributed by atoms with Crippen molar-refractivity contribution < 1.29 is 14.2 Å². The Morgan fingerprint density at radius 1 is 0.667 bits per heavy atom. The first kappa shape index (κ1) is 17.8. The predicted molar refractivity (Wildman–Crippen MR) is 97.6 cm³/mol. The van der Waals surface area contributed by atoms with Gasteiger partial charge in [-0.2, -0.15) is 4.57 Å². The number of hydrogen-bond acceptors (Lipinski definition) is 2. The lowest BCUT2D eigenvalue weighted by atomic mass is 10.0. The van der Waals surface area contributed by atoms with Gasteiger partial charge in [-0.3, -0.25) is 9.59 Å². The van der Waals surface area contributed by atoms with Crippen molar-refractivity contribution in [3.8, 4) is 0 Å². The summed E-state index contributed by atoms with van der Waals surface area (Å²) in [5.41, 5.74) is 1.95. The molecule has 4 heteroatoms. The molecule has 120 valence electrons. The third-order valence-corrected chi connectivity index (χ3v) is 3.61. The van der Waals surface area contributed by atoms with Crippen molar-refractivity contribution in [2.45, 2.75) is 6.54 Å². The van der Waals surface area contributed by atoms with Crippen molar-refractivity contribution in [3.63, 3.8) is 0 Å². The molecule has 1 heterocycles. The number of ketones is 2. The summed E-state index contributed by atoms with van der Waals surface area (Å²) in [4.78, 5) is 24.5. The number of Topliss-reactive ketones (excluding diaryl/α,β-unsaturated/α-hetero) is 1. The Bertz CT molecular complexity index is 815. The van der Waals surface area contributed by atoms with Crippen molar-refractivity contribution in [2.75, 3.05) is 0 Å². The van der Waals surface area contributed by atoms with Crippen LogP contribution in [0, 0.1) is 0 Å². The Morgan fingerprint density at radius 2 is 1.12 bits per heavy atom. The van der Waals surface area contributed by atoms with Gasteiger partial charge in [0.25, 0.3) is 0 Å². The molecule has 0 aliphatic heterocycles. The number of rotatable bonds is 5. The number of benzene rings is 2. The Morgan fingerprint density at radius 3 is 1.67 bits per heavy atom. The molecule has 2 aromatic carbocycles. The number of carbonyl (C=O) groups is 2. The van der Waals surface area contributed by atoms with Gasteiger partial charge in [-0.25, -0.2) is 0 Å². The molecule has 3 aromatic rings. The minimum atomic E-state index is -0.0212. The number of pyridine rings is 1. The molecule has 0 spiro atoms. The Balaban J connectivity index is 0.00000208. The highest BCUT2D eigenvalue weighted by Crippen LogP contribution is 2.08. The quantitative estimate of drug-likeness (QED) is 0.498. The fourth-order valence-corrected chi connectivity index (χ4v) is 2.35. The van der Waals surface area contributed by atoms with E-state index in [1.54, 1.807) is 53.4 Å². The summed E-state index contributed by atoms with van der Waals surface area (Å²) in [6.45, 7) is 0.254. The van der Waals surface area contributed by atoms with Crippen LogP contribution >= 0.6 is 17.0 Å². The van der Waals surface area contributed by atoms with Gasteiger partial charge in [-0.1, -0.05) is 60.7 Å². The van der Waals surface area contributed by atoms with Crippen LogP contribution in [-0.2, 0) is 6.54 Å². The van der Waals surface area contributed by atoms with Crippen LogP contribution in [0.25, 0.3) is 0 Å². The molecule has 0 radical (unpaired) electrons. The van der Waals surface area contributed by atoms with Crippen molar-refractivity contribution in [3.05, 3.63) is 102 Å². The number of hydrogen-bond donors (Lipinski definition) is 0. The molecule has 0 saturated carbocycles. The number of aromatic nitrogens is 1. The molecule has 0 N–H and O–H groups in total. The third-order valence-electron chi connectivity index (χ3n) is 3.61. The molecule has 0 bridgehead atoms. The lowest BCUT2D eigenvalue weighted by molar-refractivity contribution is -0.683. The fraction of sp³-hybridized carbons (Fsp3) is 0.0500. The van der Waals surface area contributed by atoms with E-state index in [0.29, 0.717) is 16.7 Å². The van der Waals surface area contributed by atoms with Gasteiger partial charge in [0.05, 0.1) is 0 Å². The van der Waals surface area contributed by atoms with Gasteiger partial charge in [-0.05, 0) is 0 Å². The Labute approximate surface area is 151 Å². The number of carbonyl (C=O) groups excluding carboxylic acids is 2. The third kappa shape index (κ3) is 4.24. The molecule has 1 aromatic heterocycles. The van der Waals surface area contributed by atoms with Crippen LogP contribution in [0.4, 0.5) is 0 Å². The first-order chi connectivity index (χ1) is 11.2. The van der Waals surface area contributed by atoms with E-state index in [2.05, 4.69) is 0 Å². The SMILES string of the molecule is Br.O=C(C[n+]1ccc(C(=O)c2ccccc2)cc1)c1ccccc1. The molecule has 0 aliphatic carbocycles. The van der Waals surface area contributed by atoms with E-state index in [-0.39, 0.29) is 35.1 Å². The van der Waals surface area contributed by atoms with E-state index in [0.717, 1.165) is 0 Å². The summed E-state index contributed by atoms with van der Waals surface area (Å²) in [7, 11) is 0. The number of nitrogens with zero attached hydrogens (tertiary/aromatic N) is 1. The van der Waals surface area contributed by atoms with Gasteiger partial charge < -0.3 is 0 Å². The van der Waals surface area contributed by atoms with Gasteiger partial charge in [0, 0.05) is 28.8 Å². The topological polar surface area (TPSA) is 38.0 Å². The van der Waals surface area contributed by atoms with Crippen LogP contribution in [-0.4, -0.2) is 11.6 Å². The summed E-state index contributed by atoms with van der Waals surface area (Å²) in [6.07, 6.45) is 3.52. The first-order valence-corrected chi connectivity index (χ1v) is 7.41. The molecule has 0 saturated heterocycles. The Kier molecular flexibility index (Phi) is 6.15. The van der Waals surface area contributed by atoms with E-state index < -0.39 is 0 Å². The standard InChI is InChI=1S/C20H16NO2.BrH/c22-19(16-7-3-1-4-8-16)15-21-13-11-18(12-14-21)20(23)17-9-5-2-6-10-17;/h1-14H,15H2;1H/q+1;. The minimum Gasteiger partial charge on any atom is -0.289 e. The van der Waals surface area contributed by atoms with Crippen LogP contribution in [0.2, 0.25) is 0 Å². The summed E-state index contributed by atoms with van der Waals surface area (Å²) in [5, 5.41) is 0. The molecule has 3 nitrogen and oxygen atoms in total. The average Bonchev–Trinajstić information content (AvgIpc) is 2.63. The Hall–Kier alpha value is -2.59. The van der Waals surface area contributed by atoms with Crippen molar-refractivity contribution in [2.24, 2.45) is 0 Å². The second-order valence-corrected chi connectivity index (χ2v) is 5.24. The lowest BCUT2D eigenvalue weighted by Crippen LogP contribution is -2.37. The molecule has 0 atom stereocenters. The molecule has 0 fully saturated rings. The zero-order chi connectivity index (χ0) is 16.1. The maximum atomic E-state index is 12.3. The van der Waals surface area contributed by atoms with Gasteiger partial charge in [0.15, 0.2) is 18.2 Å². The van der Waals surface area contributed by atoms with Gasteiger partial charge in [0.2, 0.25) is 12.3 Å². The summed E-state index contributed by atoms with van der Waals surface area (Å²) >= 11 is 0. The maximum Gasteiger partial charge on any atom is 0.227 e. The van der Waals surface area contributed by atoms with Crippen molar-refractivity contribution in [1.82, 2.24) is 0 Å². The summed E-state index contributed by atoms with van der Waals surface area (Å²) < 4.78 is 1.77. The molecule has 24 heavy (non-hydrogen) atoms. The monoisotopic (exact) mass is 382 g/mol.